The Labute approximate surface area is 90.6 Å². The molecular formula is C5H8N4O2S3. The zero-order valence-electron chi connectivity index (χ0n) is 7.17. The molecule has 0 aromatic carbocycles. The van der Waals surface area contributed by atoms with E-state index in [1.165, 1.54) is 12.4 Å². The SMILES string of the molecule is CC(C(N)=S)S(=O)(=O)Nc1nncs1. The van der Waals surface area contributed by atoms with E-state index in [0.29, 0.717) is 0 Å². The molecule has 9 heteroatoms. The zero-order chi connectivity index (χ0) is 10.8. The van der Waals surface area contributed by atoms with E-state index < -0.39 is 15.3 Å². The fourth-order valence-electron chi connectivity index (χ4n) is 0.581. The number of hydrogen-bond acceptors (Lipinski definition) is 6. The second kappa shape index (κ2) is 4.15. The van der Waals surface area contributed by atoms with Gasteiger partial charge in [0.2, 0.25) is 15.2 Å². The van der Waals surface area contributed by atoms with E-state index in [0.717, 1.165) is 11.3 Å². The summed E-state index contributed by atoms with van der Waals surface area (Å²) < 4.78 is 25.2. The second-order valence-corrected chi connectivity index (χ2v) is 5.74. The normalized spacial score (nSPS) is 13.5. The first-order valence-corrected chi connectivity index (χ1v) is 6.34. The summed E-state index contributed by atoms with van der Waals surface area (Å²) >= 11 is 5.67. The number of nitrogens with zero attached hydrogens (tertiary/aromatic N) is 2. The van der Waals surface area contributed by atoms with Crippen molar-refractivity contribution in [3.63, 3.8) is 0 Å². The molecule has 0 bridgehead atoms. The molecule has 14 heavy (non-hydrogen) atoms. The van der Waals surface area contributed by atoms with Crippen molar-refractivity contribution in [1.82, 2.24) is 10.2 Å². The van der Waals surface area contributed by atoms with Gasteiger partial charge in [-0.1, -0.05) is 23.6 Å². The van der Waals surface area contributed by atoms with Gasteiger partial charge in [-0.25, -0.2) is 8.42 Å². The first-order valence-electron chi connectivity index (χ1n) is 3.50. The maximum absolute atomic E-state index is 11.5. The molecule has 6 nitrogen and oxygen atoms in total. The highest BCUT2D eigenvalue weighted by molar-refractivity contribution is 7.95. The van der Waals surface area contributed by atoms with Crippen LogP contribution in [0.3, 0.4) is 0 Å². The number of anilines is 1. The molecule has 1 aromatic rings. The minimum atomic E-state index is -3.59. The van der Waals surface area contributed by atoms with Crippen molar-refractivity contribution in [2.45, 2.75) is 12.2 Å². The Bertz CT molecular complexity index is 412. The Hall–Kier alpha value is -0.800. The minimum absolute atomic E-state index is 0.0815. The number of nitrogens with one attached hydrogen (secondary N) is 1. The zero-order valence-corrected chi connectivity index (χ0v) is 9.62. The van der Waals surface area contributed by atoms with Gasteiger partial charge < -0.3 is 5.73 Å². The molecule has 0 aliphatic carbocycles. The molecule has 0 amide bonds. The monoisotopic (exact) mass is 252 g/mol. The third-order valence-corrected chi connectivity index (χ3v) is 4.36. The first kappa shape index (κ1) is 11.3. The average Bonchev–Trinajstić information content (AvgIpc) is 2.54. The van der Waals surface area contributed by atoms with E-state index in [9.17, 15) is 8.42 Å². The highest BCUT2D eigenvalue weighted by atomic mass is 32.2. The fraction of sp³-hybridized carbons (Fsp3) is 0.400. The molecule has 0 saturated heterocycles. The molecule has 0 aliphatic rings. The molecule has 1 unspecified atom stereocenters. The summed E-state index contributed by atoms with van der Waals surface area (Å²) in [5, 5.41) is 6.30. The van der Waals surface area contributed by atoms with E-state index in [1.807, 2.05) is 0 Å². The van der Waals surface area contributed by atoms with Crippen molar-refractivity contribution >= 4 is 43.7 Å². The van der Waals surface area contributed by atoms with Crippen LogP contribution in [0.5, 0.6) is 0 Å². The van der Waals surface area contributed by atoms with Crippen LogP contribution >= 0.6 is 23.6 Å². The number of hydrogen-bond donors (Lipinski definition) is 2. The van der Waals surface area contributed by atoms with Crippen molar-refractivity contribution in [2.75, 3.05) is 4.72 Å². The summed E-state index contributed by atoms with van der Waals surface area (Å²) in [6, 6.07) is 0. The molecule has 0 fully saturated rings. The largest absolute Gasteiger partial charge is 0.392 e. The fourth-order valence-corrected chi connectivity index (χ4v) is 2.56. The smallest absolute Gasteiger partial charge is 0.243 e. The molecule has 0 radical (unpaired) electrons. The highest BCUT2D eigenvalue weighted by Gasteiger charge is 2.23. The molecule has 1 rings (SSSR count). The van der Waals surface area contributed by atoms with Gasteiger partial charge in [0.15, 0.2) is 0 Å². The van der Waals surface area contributed by atoms with Gasteiger partial charge in [0.1, 0.15) is 10.8 Å². The second-order valence-electron chi connectivity index (χ2n) is 2.44. The van der Waals surface area contributed by atoms with E-state index in [1.54, 1.807) is 0 Å². The third kappa shape index (κ3) is 2.59. The Morgan fingerprint density at radius 1 is 1.79 bits per heavy atom. The molecule has 0 spiro atoms. The van der Waals surface area contributed by atoms with Crippen molar-refractivity contribution in [1.29, 1.82) is 0 Å². The van der Waals surface area contributed by atoms with Gasteiger partial charge in [0.25, 0.3) is 0 Å². The number of sulfonamides is 1. The van der Waals surface area contributed by atoms with Crippen LogP contribution in [0.4, 0.5) is 5.13 Å². The van der Waals surface area contributed by atoms with Gasteiger partial charge in [-0.05, 0) is 6.92 Å². The number of thiocarbonyl (C=S) groups is 1. The third-order valence-electron chi connectivity index (χ3n) is 1.46. The van der Waals surface area contributed by atoms with Gasteiger partial charge in [0.05, 0.1) is 4.99 Å². The van der Waals surface area contributed by atoms with Crippen molar-refractivity contribution in [3.8, 4) is 0 Å². The maximum Gasteiger partial charge on any atom is 0.243 e. The Kier molecular flexibility index (Phi) is 3.34. The summed E-state index contributed by atoms with van der Waals surface area (Å²) in [6.45, 7) is 1.41. The van der Waals surface area contributed by atoms with E-state index >= 15 is 0 Å². The Morgan fingerprint density at radius 3 is 2.86 bits per heavy atom. The van der Waals surface area contributed by atoms with Crippen LogP contribution in [0.15, 0.2) is 5.51 Å². The van der Waals surface area contributed by atoms with Crippen LogP contribution in [0, 0.1) is 0 Å². The predicted molar refractivity (Wildman–Crippen MR) is 58.7 cm³/mol. The van der Waals surface area contributed by atoms with Crippen LogP contribution in [-0.4, -0.2) is 28.9 Å². The van der Waals surface area contributed by atoms with E-state index in [-0.39, 0.29) is 10.1 Å². The van der Waals surface area contributed by atoms with Crippen molar-refractivity contribution in [3.05, 3.63) is 5.51 Å². The lowest BCUT2D eigenvalue weighted by atomic mass is 10.5. The lowest BCUT2D eigenvalue weighted by molar-refractivity contribution is 0.598. The first-order chi connectivity index (χ1) is 6.43. The number of nitrogens with two attached hydrogens (primary N) is 1. The summed E-state index contributed by atoms with van der Waals surface area (Å²) in [5.74, 6) is 0. The average molecular weight is 252 g/mol. The van der Waals surface area contributed by atoms with Gasteiger partial charge in [-0.3, -0.25) is 4.72 Å². The Morgan fingerprint density at radius 2 is 2.43 bits per heavy atom. The molecule has 1 aromatic heterocycles. The van der Waals surface area contributed by atoms with E-state index in [4.69, 9.17) is 5.73 Å². The quantitative estimate of drug-likeness (QED) is 0.729. The Balaban J connectivity index is 2.83. The highest BCUT2D eigenvalue weighted by Crippen LogP contribution is 2.13. The van der Waals surface area contributed by atoms with Crippen LogP contribution in [-0.2, 0) is 10.0 Å². The lowest BCUT2D eigenvalue weighted by Gasteiger charge is -2.10. The summed E-state index contributed by atoms with van der Waals surface area (Å²) in [7, 11) is -3.59. The van der Waals surface area contributed by atoms with Gasteiger partial charge in [-0.15, -0.1) is 10.2 Å². The molecule has 1 atom stereocenters. The van der Waals surface area contributed by atoms with Crippen LogP contribution in [0.2, 0.25) is 0 Å². The van der Waals surface area contributed by atoms with Gasteiger partial charge in [0, 0.05) is 0 Å². The predicted octanol–water partition coefficient (Wildman–Crippen LogP) is -0.0456. The molecular weight excluding hydrogens is 244 g/mol. The summed E-state index contributed by atoms with van der Waals surface area (Å²) in [4.78, 5) is -0.0815. The molecule has 78 valence electrons. The van der Waals surface area contributed by atoms with Crippen LogP contribution in [0.25, 0.3) is 0 Å². The topological polar surface area (TPSA) is 98.0 Å². The lowest BCUT2D eigenvalue weighted by Crippen LogP contribution is -2.35. The van der Waals surface area contributed by atoms with Gasteiger partial charge in [-0.2, -0.15) is 0 Å². The molecule has 0 saturated carbocycles. The van der Waals surface area contributed by atoms with Crippen molar-refractivity contribution < 1.29 is 8.42 Å². The molecule has 0 aliphatic heterocycles. The standard InChI is InChI=1S/C5H8N4O2S3/c1-3(4(6)12)14(10,11)9-5-8-7-2-13-5/h2-3H,1H3,(H2,6,12)(H,8,9). The van der Waals surface area contributed by atoms with E-state index in [2.05, 4.69) is 27.1 Å². The van der Waals surface area contributed by atoms with Crippen molar-refractivity contribution in [2.24, 2.45) is 5.73 Å². The summed E-state index contributed by atoms with van der Waals surface area (Å²) in [6.07, 6.45) is 0. The maximum atomic E-state index is 11.5. The van der Waals surface area contributed by atoms with Crippen LogP contribution < -0.4 is 10.5 Å². The summed E-state index contributed by atoms with van der Waals surface area (Å²) in [5.41, 5.74) is 6.65. The van der Waals surface area contributed by atoms with Crippen LogP contribution in [0.1, 0.15) is 6.92 Å². The minimum Gasteiger partial charge on any atom is -0.392 e. The molecule has 3 N–H and O–H groups in total. The van der Waals surface area contributed by atoms with Gasteiger partial charge >= 0.3 is 0 Å². The number of rotatable bonds is 4. The molecule has 1 heterocycles. The number of aromatic nitrogens is 2.